The van der Waals surface area contributed by atoms with Crippen molar-refractivity contribution in [2.24, 2.45) is 7.05 Å². The summed E-state index contributed by atoms with van der Waals surface area (Å²) < 4.78 is 1.47. The molecule has 0 aliphatic rings. The SMILES string of the molecule is C=CNc1scc(-c2cccc([N+](=O)[O-])c2)c1C(=N)Sc1nnnn1C. The van der Waals surface area contributed by atoms with Crippen LogP contribution in [0.3, 0.4) is 0 Å². The normalized spacial score (nSPS) is 10.5. The average molecular weight is 387 g/mol. The van der Waals surface area contributed by atoms with E-state index in [4.69, 9.17) is 5.41 Å². The minimum atomic E-state index is -0.441. The summed E-state index contributed by atoms with van der Waals surface area (Å²) in [7, 11) is 1.69. The third-order valence-corrected chi connectivity index (χ3v) is 5.24. The monoisotopic (exact) mass is 387 g/mol. The van der Waals surface area contributed by atoms with Gasteiger partial charge in [-0.25, -0.2) is 4.68 Å². The first-order valence-corrected chi connectivity index (χ1v) is 8.93. The lowest BCUT2D eigenvalue weighted by Crippen LogP contribution is -2.02. The Bertz CT molecular complexity index is 996. The lowest BCUT2D eigenvalue weighted by atomic mass is 10.0. The number of aromatic nitrogens is 4. The van der Waals surface area contributed by atoms with Crippen LogP contribution < -0.4 is 5.32 Å². The Morgan fingerprint density at radius 1 is 1.54 bits per heavy atom. The molecule has 0 unspecified atom stereocenters. The first-order chi connectivity index (χ1) is 12.5. The maximum atomic E-state index is 11.1. The van der Waals surface area contributed by atoms with Crippen molar-refractivity contribution in [3.63, 3.8) is 0 Å². The van der Waals surface area contributed by atoms with Crippen LogP contribution in [0.1, 0.15) is 5.56 Å². The van der Waals surface area contributed by atoms with E-state index in [9.17, 15) is 10.1 Å². The number of non-ortho nitro benzene ring substituents is 1. The maximum Gasteiger partial charge on any atom is 0.270 e. The number of tetrazole rings is 1. The van der Waals surface area contributed by atoms with Crippen LogP contribution in [0.2, 0.25) is 0 Å². The standard InChI is InChI=1S/C15H13N7O2S2/c1-3-17-14-12(13(16)26-15-18-19-20-21(15)2)11(8-25-14)9-5-4-6-10(7-9)22(23)24/h3-8,16-17H,1H2,2H3. The molecule has 0 spiro atoms. The van der Waals surface area contributed by atoms with Crippen molar-refractivity contribution in [3.05, 3.63) is 58.1 Å². The van der Waals surface area contributed by atoms with Crippen LogP contribution in [0.15, 0.2) is 47.6 Å². The zero-order chi connectivity index (χ0) is 18.7. The Morgan fingerprint density at radius 3 is 3.00 bits per heavy atom. The van der Waals surface area contributed by atoms with Crippen molar-refractivity contribution < 1.29 is 4.92 Å². The second-order valence-electron chi connectivity index (χ2n) is 5.03. The number of nitrogens with zero attached hydrogens (tertiary/aromatic N) is 5. The zero-order valence-corrected chi connectivity index (χ0v) is 15.2. The summed E-state index contributed by atoms with van der Waals surface area (Å²) in [5.74, 6) is 0. The van der Waals surface area contributed by atoms with Gasteiger partial charge in [0, 0.05) is 35.7 Å². The van der Waals surface area contributed by atoms with Gasteiger partial charge >= 0.3 is 0 Å². The number of nitro groups is 1. The number of benzene rings is 1. The van der Waals surface area contributed by atoms with Gasteiger partial charge in [-0.2, -0.15) is 0 Å². The highest BCUT2D eigenvalue weighted by atomic mass is 32.2. The van der Waals surface area contributed by atoms with Gasteiger partial charge in [-0.3, -0.25) is 15.5 Å². The quantitative estimate of drug-likeness (QED) is 0.218. The molecule has 0 aliphatic heterocycles. The number of aryl methyl sites for hydroxylation is 1. The van der Waals surface area contributed by atoms with Crippen LogP contribution in [0.4, 0.5) is 10.7 Å². The molecule has 26 heavy (non-hydrogen) atoms. The van der Waals surface area contributed by atoms with Crippen molar-refractivity contribution in [1.29, 1.82) is 5.41 Å². The number of rotatable bonds is 6. The fourth-order valence-corrected chi connectivity index (χ4v) is 4.01. The fraction of sp³-hybridized carbons (Fsp3) is 0.0667. The Morgan fingerprint density at radius 2 is 2.35 bits per heavy atom. The van der Waals surface area contributed by atoms with E-state index < -0.39 is 4.92 Å². The molecule has 11 heteroatoms. The van der Waals surface area contributed by atoms with E-state index in [2.05, 4.69) is 27.4 Å². The molecule has 132 valence electrons. The van der Waals surface area contributed by atoms with Crippen molar-refractivity contribution in [2.75, 3.05) is 5.32 Å². The summed E-state index contributed by atoms with van der Waals surface area (Å²) in [6.07, 6.45) is 1.52. The largest absolute Gasteiger partial charge is 0.354 e. The van der Waals surface area contributed by atoms with E-state index in [0.29, 0.717) is 21.3 Å². The van der Waals surface area contributed by atoms with Crippen LogP contribution in [-0.2, 0) is 7.05 Å². The highest BCUT2D eigenvalue weighted by Gasteiger charge is 2.21. The predicted octanol–water partition coefficient (Wildman–Crippen LogP) is 3.52. The minimum Gasteiger partial charge on any atom is -0.354 e. The molecule has 0 saturated heterocycles. The van der Waals surface area contributed by atoms with Gasteiger partial charge in [0.05, 0.1) is 4.92 Å². The minimum absolute atomic E-state index is 0.00503. The van der Waals surface area contributed by atoms with Crippen LogP contribution in [-0.4, -0.2) is 30.2 Å². The number of anilines is 1. The van der Waals surface area contributed by atoms with E-state index in [1.165, 1.54) is 34.4 Å². The summed E-state index contributed by atoms with van der Waals surface area (Å²) in [6, 6.07) is 6.33. The molecular formula is C15H13N7O2S2. The number of thiophene rings is 1. The Labute approximate surface area is 156 Å². The van der Waals surface area contributed by atoms with Crippen molar-refractivity contribution in [2.45, 2.75) is 5.16 Å². The number of hydrogen-bond donors (Lipinski definition) is 2. The van der Waals surface area contributed by atoms with Gasteiger partial charge in [-0.15, -0.1) is 16.4 Å². The van der Waals surface area contributed by atoms with E-state index in [1.54, 1.807) is 19.2 Å². The summed E-state index contributed by atoms with van der Waals surface area (Å²) in [4.78, 5) is 10.6. The van der Waals surface area contributed by atoms with Crippen LogP contribution in [0, 0.1) is 15.5 Å². The second kappa shape index (κ2) is 7.45. The lowest BCUT2D eigenvalue weighted by molar-refractivity contribution is -0.384. The molecule has 2 aromatic heterocycles. The fourth-order valence-electron chi connectivity index (χ4n) is 2.23. The van der Waals surface area contributed by atoms with Gasteiger partial charge in [0.25, 0.3) is 5.69 Å². The highest BCUT2D eigenvalue weighted by molar-refractivity contribution is 8.14. The van der Waals surface area contributed by atoms with Crippen LogP contribution in [0.25, 0.3) is 11.1 Å². The van der Waals surface area contributed by atoms with E-state index in [0.717, 1.165) is 17.3 Å². The molecule has 0 atom stereocenters. The van der Waals surface area contributed by atoms with Gasteiger partial charge in [0.2, 0.25) is 5.16 Å². The number of nitro benzene ring substituents is 1. The van der Waals surface area contributed by atoms with E-state index in [-0.39, 0.29) is 10.7 Å². The first kappa shape index (κ1) is 17.8. The summed E-state index contributed by atoms with van der Waals surface area (Å²) >= 11 is 2.49. The molecule has 0 radical (unpaired) electrons. The molecule has 2 heterocycles. The highest BCUT2D eigenvalue weighted by Crippen LogP contribution is 2.39. The Balaban J connectivity index is 2.05. The topological polar surface area (TPSA) is 123 Å². The predicted molar refractivity (Wildman–Crippen MR) is 102 cm³/mol. The van der Waals surface area contributed by atoms with E-state index in [1.807, 2.05) is 5.38 Å². The third kappa shape index (κ3) is 3.48. The summed E-state index contributed by atoms with van der Waals surface area (Å²) in [5, 5.41) is 37.1. The van der Waals surface area contributed by atoms with Crippen LogP contribution >= 0.6 is 23.1 Å². The average Bonchev–Trinajstić information content (AvgIpc) is 3.22. The molecule has 1 aromatic carbocycles. The zero-order valence-electron chi connectivity index (χ0n) is 13.5. The molecule has 2 N–H and O–H groups in total. The molecule has 0 saturated carbocycles. The first-order valence-electron chi connectivity index (χ1n) is 7.24. The van der Waals surface area contributed by atoms with Crippen molar-refractivity contribution in [3.8, 4) is 11.1 Å². The lowest BCUT2D eigenvalue weighted by Gasteiger charge is -2.08. The van der Waals surface area contributed by atoms with Gasteiger partial charge in [0.1, 0.15) is 10.0 Å². The molecule has 0 fully saturated rings. The molecule has 0 amide bonds. The second-order valence-corrected chi connectivity index (χ2v) is 6.88. The molecule has 0 bridgehead atoms. The third-order valence-electron chi connectivity index (χ3n) is 3.39. The maximum absolute atomic E-state index is 11.1. The molecule has 3 rings (SSSR count). The number of hydrogen-bond acceptors (Lipinski definition) is 9. The van der Waals surface area contributed by atoms with Crippen LogP contribution in [0.5, 0.6) is 0 Å². The molecule has 9 nitrogen and oxygen atoms in total. The van der Waals surface area contributed by atoms with Crippen molar-refractivity contribution >= 4 is 38.8 Å². The Kier molecular flexibility index (Phi) is 5.09. The Hall–Kier alpha value is -3.05. The van der Waals surface area contributed by atoms with Gasteiger partial charge in [-0.05, 0) is 34.0 Å². The van der Waals surface area contributed by atoms with E-state index >= 15 is 0 Å². The molecule has 3 aromatic rings. The van der Waals surface area contributed by atoms with Crippen molar-refractivity contribution in [1.82, 2.24) is 20.2 Å². The number of thioether (sulfide) groups is 1. The molecular weight excluding hydrogens is 374 g/mol. The number of nitrogens with one attached hydrogen (secondary N) is 2. The molecule has 0 aliphatic carbocycles. The summed E-state index contributed by atoms with van der Waals surface area (Å²) in [6.45, 7) is 3.66. The van der Waals surface area contributed by atoms with Gasteiger partial charge < -0.3 is 5.32 Å². The summed E-state index contributed by atoms with van der Waals surface area (Å²) in [5.41, 5.74) is 1.98. The van der Waals surface area contributed by atoms with Gasteiger partial charge in [0.15, 0.2) is 0 Å². The van der Waals surface area contributed by atoms with Gasteiger partial charge in [-0.1, -0.05) is 18.7 Å². The smallest absolute Gasteiger partial charge is 0.270 e.